The number of hydrogen-bond acceptors (Lipinski definition) is 5. The van der Waals surface area contributed by atoms with Crippen LogP contribution in [0.2, 0.25) is 5.02 Å². The van der Waals surface area contributed by atoms with Crippen LogP contribution >= 0.6 is 11.6 Å². The van der Waals surface area contributed by atoms with Crippen molar-refractivity contribution in [2.24, 2.45) is 0 Å². The minimum Gasteiger partial charge on any atom is -0.465 e. The molecule has 5 nitrogen and oxygen atoms in total. The van der Waals surface area contributed by atoms with E-state index in [2.05, 4.69) is 9.72 Å². The highest BCUT2D eigenvalue weighted by atomic mass is 35.5. The van der Waals surface area contributed by atoms with E-state index < -0.39 is 5.97 Å². The molecule has 104 valence electrons. The predicted octanol–water partition coefficient (Wildman–Crippen LogP) is 3.20. The fourth-order valence-corrected chi connectivity index (χ4v) is 1.73. The van der Waals surface area contributed by atoms with Crippen LogP contribution in [-0.2, 0) is 4.74 Å². The van der Waals surface area contributed by atoms with Crippen molar-refractivity contribution in [2.75, 3.05) is 12.8 Å². The third kappa shape index (κ3) is 2.83. The average molecular weight is 293 g/mol. The van der Waals surface area contributed by atoms with Crippen molar-refractivity contribution in [1.82, 2.24) is 4.98 Å². The number of aryl methyl sites for hydroxylation is 1. The number of hydrogen-bond donors (Lipinski definition) is 1. The lowest BCUT2D eigenvalue weighted by Crippen LogP contribution is -2.07. The summed E-state index contributed by atoms with van der Waals surface area (Å²) in [4.78, 5) is 15.5. The van der Waals surface area contributed by atoms with Crippen LogP contribution in [0.5, 0.6) is 11.6 Å². The minimum absolute atomic E-state index is 0.131. The van der Waals surface area contributed by atoms with E-state index in [0.717, 1.165) is 5.56 Å². The Hall–Kier alpha value is -2.27. The number of pyridine rings is 1. The molecule has 0 saturated carbocycles. The molecule has 6 heteroatoms. The lowest BCUT2D eigenvalue weighted by molar-refractivity contribution is 0.0601. The van der Waals surface area contributed by atoms with E-state index in [4.69, 9.17) is 22.1 Å². The number of ether oxygens (including phenoxy) is 2. The van der Waals surface area contributed by atoms with Gasteiger partial charge >= 0.3 is 5.97 Å². The van der Waals surface area contributed by atoms with E-state index in [1.165, 1.54) is 19.4 Å². The highest BCUT2D eigenvalue weighted by Gasteiger charge is 2.15. The van der Waals surface area contributed by atoms with Crippen LogP contribution in [0.25, 0.3) is 0 Å². The molecular formula is C14H13ClN2O3. The molecule has 1 aromatic heterocycles. The summed E-state index contributed by atoms with van der Waals surface area (Å²) >= 11 is 5.94. The Morgan fingerprint density at radius 1 is 1.35 bits per heavy atom. The molecule has 0 aliphatic carbocycles. The molecule has 2 rings (SSSR count). The van der Waals surface area contributed by atoms with Crippen LogP contribution in [0.15, 0.2) is 30.5 Å². The van der Waals surface area contributed by atoms with Crippen molar-refractivity contribution in [1.29, 1.82) is 0 Å². The molecule has 0 bridgehead atoms. The molecule has 1 heterocycles. The zero-order valence-electron chi connectivity index (χ0n) is 11.0. The number of nitrogen functional groups attached to an aromatic ring is 1. The first-order valence-electron chi connectivity index (χ1n) is 5.79. The number of esters is 1. The van der Waals surface area contributed by atoms with Gasteiger partial charge in [0, 0.05) is 11.2 Å². The highest BCUT2D eigenvalue weighted by Crippen LogP contribution is 2.29. The Balaban J connectivity index is 2.34. The van der Waals surface area contributed by atoms with E-state index in [1.54, 1.807) is 18.2 Å². The Bertz CT molecular complexity index is 659. The van der Waals surface area contributed by atoms with E-state index in [9.17, 15) is 4.79 Å². The van der Waals surface area contributed by atoms with Gasteiger partial charge in [-0.05, 0) is 36.8 Å². The van der Waals surface area contributed by atoms with Gasteiger partial charge in [0.15, 0.2) is 0 Å². The first-order valence-corrected chi connectivity index (χ1v) is 6.17. The van der Waals surface area contributed by atoms with Crippen LogP contribution in [0.3, 0.4) is 0 Å². The van der Waals surface area contributed by atoms with Crippen molar-refractivity contribution in [3.8, 4) is 11.6 Å². The zero-order chi connectivity index (χ0) is 14.7. The molecule has 20 heavy (non-hydrogen) atoms. The molecule has 2 aromatic rings. The smallest absolute Gasteiger partial charge is 0.340 e. The van der Waals surface area contributed by atoms with Gasteiger partial charge < -0.3 is 15.2 Å². The molecule has 0 radical (unpaired) electrons. The maximum atomic E-state index is 11.5. The Labute approximate surface area is 121 Å². The number of benzene rings is 1. The summed E-state index contributed by atoms with van der Waals surface area (Å²) in [6.07, 6.45) is 1.43. The topological polar surface area (TPSA) is 74.4 Å². The standard InChI is InChI=1S/C14H13ClN2O3/c1-8-7-9(3-4-11(8)15)20-13-12(16)10(5-6-17-13)14(18)19-2/h3-7H,16H2,1-2H3. The van der Waals surface area contributed by atoms with Gasteiger partial charge in [-0.15, -0.1) is 0 Å². The Morgan fingerprint density at radius 3 is 2.75 bits per heavy atom. The monoisotopic (exact) mass is 292 g/mol. The number of carbonyl (C=O) groups is 1. The first-order chi connectivity index (χ1) is 9.52. The van der Waals surface area contributed by atoms with Gasteiger partial charge in [0.1, 0.15) is 11.4 Å². The van der Waals surface area contributed by atoms with Crippen LogP contribution < -0.4 is 10.5 Å². The van der Waals surface area contributed by atoms with Crippen molar-refractivity contribution < 1.29 is 14.3 Å². The lowest BCUT2D eigenvalue weighted by Gasteiger charge is -2.10. The molecule has 0 fully saturated rings. The van der Waals surface area contributed by atoms with E-state index in [-0.39, 0.29) is 17.1 Å². The van der Waals surface area contributed by atoms with Crippen LogP contribution in [0, 0.1) is 6.92 Å². The minimum atomic E-state index is -0.540. The summed E-state index contributed by atoms with van der Waals surface area (Å²) in [6, 6.07) is 6.64. The third-order valence-corrected chi connectivity index (χ3v) is 3.13. The maximum absolute atomic E-state index is 11.5. The van der Waals surface area contributed by atoms with E-state index in [1.807, 2.05) is 6.92 Å². The van der Waals surface area contributed by atoms with Gasteiger partial charge in [0.25, 0.3) is 0 Å². The number of halogens is 1. The highest BCUT2D eigenvalue weighted by molar-refractivity contribution is 6.31. The van der Waals surface area contributed by atoms with Gasteiger partial charge in [0.05, 0.1) is 12.7 Å². The predicted molar refractivity (Wildman–Crippen MR) is 76.3 cm³/mol. The van der Waals surface area contributed by atoms with Crippen molar-refractivity contribution in [3.05, 3.63) is 46.6 Å². The summed E-state index contributed by atoms with van der Waals surface area (Å²) in [5, 5.41) is 0.640. The SMILES string of the molecule is COC(=O)c1ccnc(Oc2ccc(Cl)c(C)c2)c1N. The average Bonchev–Trinajstić information content (AvgIpc) is 2.44. The van der Waals surface area contributed by atoms with Crippen molar-refractivity contribution in [2.45, 2.75) is 6.92 Å². The molecule has 0 amide bonds. The quantitative estimate of drug-likeness (QED) is 0.879. The second kappa shape index (κ2) is 5.79. The second-order valence-corrected chi connectivity index (χ2v) is 4.49. The maximum Gasteiger partial charge on any atom is 0.340 e. The molecule has 0 aliphatic rings. The van der Waals surface area contributed by atoms with Crippen LogP contribution in [0.1, 0.15) is 15.9 Å². The number of methoxy groups -OCH3 is 1. The number of anilines is 1. The Morgan fingerprint density at radius 2 is 2.10 bits per heavy atom. The van der Waals surface area contributed by atoms with Crippen molar-refractivity contribution in [3.63, 3.8) is 0 Å². The fourth-order valence-electron chi connectivity index (χ4n) is 1.62. The Kier molecular flexibility index (Phi) is 4.10. The summed E-state index contributed by atoms with van der Waals surface area (Å²) < 4.78 is 10.2. The second-order valence-electron chi connectivity index (χ2n) is 4.08. The van der Waals surface area contributed by atoms with E-state index in [0.29, 0.717) is 10.8 Å². The molecule has 0 spiro atoms. The first kappa shape index (κ1) is 14.1. The summed E-state index contributed by atoms with van der Waals surface area (Å²) in [7, 11) is 1.28. The summed E-state index contributed by atoms with van der Waals surface area (Å²) in [6.45, 7) is 1.86. The zero-order valence-corrected chi connectivity index (χ0v) is 11.8. The number of rotatable bonds is 3. The van der Waals surface area contributed by atoms with Gasteiger partial charge in [0.2, 0.25) is 5.88 Å². The van der Waals surface area contributed by atoms with Gasteiger partial charge in [-0.1, -0.05) is 11.6 Å². The summed E-state index contributed by atoms with van der Waals surface area (Å²) in [5.41, 5.74) is 7.07. The van der Waals surface area contributed by atoms with Crippen molar-refractivity contribution >= 4 is 23.3 Å². The molecule has 2 N–H and O–H groups in total. The van der Waals surface area contributed by atoms with Crippen LogP contribution in [0.4, 0.5) is 5.69 Å². The van der Waals surface area contributed by atoms with Crippen LogP contribution in [-0.4, -0.2) is 18.1 Å². The lowest BCUT2D eigenvalue weighted by atomic mass is 10.2. The number of nitrogens with two attached hydrogens (primary N) is 1. The van der Waals surface area contributed by atoms with Gasteiger partial charge in [-0.3, -0.25) is 0 Å². The third-order valence-electron chi connectivity index (χ3n) is 2.70. The normalized spacial score (nSPS) is 10.2. The fraction of sp³-hybridized carbons (Fsp3) is 0.143. The molecule has 0 saturated heterocycles. The molecule has 1 aromatic carbocycles. The molecular weight excluding hydrogens is 280 g/mol. The molecule has 0 aliphatic heterocycles. The van der Waals surface area contributed by atoms with Gasteiger partial charge in [-0.2, -0.15) is 0 Å². The number of carbonyl (C=O) groups excluding carboxylic acids is 1. The van der Waals surface area contributed by atoms with Gasteiger partial charge in [-0.25, -0.2) is 9.78 Å². The number of nitrogens with zero attached hydrogens (tertiary/aromatic N) is 1. The largest absolute Gasteiger partial charge is 0.465 e. The molecule has 0 unspecified atom stereocenters. The molecule has 0 atom stereocenters. The number of aromatic nitrogens is 1. The summed E-state index contributed by atoms with van der Waals surface area (Å²) in [5.74, 6) is 0.143. The van der Waals surface area contributed by atoms with E-state index >= 15 is 0 Å².